The van der Waals surface area contributed by atoms with Gasteiger partial charge in [-0.2, -0.15) is 15.0 Å². The van der Waals surface area contributed by atoms with Gasteiger partial charge in [0.25, 0.3) is 0 Å². The van der Waals surface area contributed by atoms with Crippen LogP contribution in [-0.4, -0.2) is 19.5 Å². The molecule has 0 saturated carbocycles. The molecule has 140 valence electrons. The fourth-order valence-electron chi connectivity index (χ4n) is 2.78. The van der Waals surface area contributed by atoms with E-state index in [-0.39, 0.29) is 0 Å². The summed E-state index contributed by atoms with van der Waals surface area (Å²) in [6, 6.07) is 18.2. The second-order valence-corrected chi connectivity index (χ2v) is 6.85. The topological polar surface area (TPSA) is 67.7 Å². The molecule has 0 aliphatic heterocycles. The van der Waals surface area contributed by atoms with Crippen molar-refractivity contribution in [3.8, 4) is 11.4 Å². The highest BCUT2D eigenvalue weighted by Crippen LogP contribution is 2.22. The van der Waals surface area contributed by atoms with Crippen molar-refractivity contribution in [2.24, 2.45) is 7.05 Å². The predicted octanol–water partition coefficient (Wildman–Crippen LogP) is 4.98. The van der Waals surface area contributed by atoms with Gasteiger partial charge in [-0.15, -0.1) is 0 Å². The van der Waals surface area contributed by atoms with Crippen LogP contribution < -0.4 is 10.6 Å². The third-order valence-corrected chi connectivity index (χ3v) is 4.34. The molecule has 2 aromatic carbocycles. The maximum atomic E-state index is 4.60. The zero-order chi connectivity index (χ0) is 19.5. The average Bonchev–Trinajstić information content (AvgIpc) is 3.12. The lowest BCUT2D eigenvalue weighted by atomic mass is 10.2. The Bertz CT molecular complexity index is 1020. The zero-order valence-corrected chi connectivity index (χ0v) is 16.1. The molecule has 4 aromatic rings. The molecule has 0 aliphatic carbocycles. The molecule has 2 aromatic heterocycles. The van der Waals surface area contributed by atoms with Crippen molar-refractivity contribution in [3.05, 3.63) is 78.1 Å². The van der Waals surface area contributed by atoms with Gasteiger partial charge >= 0.3 is 0 Å². The van der Waals surface area contributed by atoms with Crippen LogP contribution in [0.1, 0.15) is 11.1 Å². The molecule has 6 heteroatoms. The maximum Gasteiger partial charge on any atom is 0.232 e. The summed E-state index contributed by atoms with van der Waals surface area (Å²) in [5.74, 6) is 1.60. The van der Waals surface area contributed by atoms with Gasteiger partial charge in [0, 0.05) is 36.4 Å². The van der Waals surface area contributed by atoms with Crippen molar-refractivity contribution in [1.29, 1.82) is 0 Å². The minimum absolute atomic E-state index is 0.493. The third kappa shape index (κ3) is 4.17. The number of aromatic nitrogens is 4. The highest BCUT2D eigenvalue weighted by atomic mass is 15.2. The minimum Gasteiger partial charge on any atom is -0.357 e. The number of rotatable bonds is 5. The Morgan fingerprint density at radius 1 is 0.679 bits per heavy atom. The largest absolute Gasteiger partial charge is 0.357 e. The zero-order valence-electron chi connectivity index (χ0n) is 16.1. The van der Waals surface area contributed by atoms with E-state index in [1.807, 2.05) is 78.6 Å². The fraction of sp³-hybridized carbons (Fsp3) is 0.136. The van der Waals surface area contributed by atoms with E-state index in [1.165, 1.54) is 11.1 Å². The number of nitrogens with one attached hydrogen (secondary N) is 2. The van der Waals surface area contributed by atoms with Gasteiger partial charge in [-0.3, -0.25) is 0 Å². The van der Waals surface area contributed by atoms with Gasteiger partial charge in [0.2, 0.25) is 11.9 Å². The molecule has 0 amide bonds. The number of benzene rings is 2. The Kier molecular flexibility index (Phi) is 4.76. The summed E-state index contributed by atoms with van der Waals surface area (Å²) in [7, 11) is 1.97. The molecule has 0 bridgehead atoms. The Balaban J connectivity index is 1.69. The lowest BCUT2D eigenvalue weighted by Crippen LogP contribution is -2.05. The summed E-state index contributed by atoms with van der Waals surface area (Å²) in [5.41, 5.74) is 5.19. The van der Waals surface area contributed by atoms with Crippen molar-refractivity contribution >= 4 is 23.3 Å². The number of anilines is 4. The van der Waals surface area contributed by atoms with Gasteiger partial charge in [-0.05, 0) is 44.2 Å². The van der Waals surface area contributed by atoms with Crippen LogP contribution in [0.15, 0.2) is 67.0 Å². The van der Waals surface area contributed by atoms with Crippen molar-refractivity contribution in [2.45, 2.75) is 13.8 Å². The van der Waals surface area contributed by atoms with Crippen molar-refractivity contribution < 1.29 is 0 Å². The van der Waals surface area contributed by atoms with Crippen LogP contribution >= 0.6 is 0 Å². The molecule has 0 saturated heterocycles. The van der Waals surface area contributed by atoms with E-state index in [0.29, 0.717) is 17.7 Å². The first-order valence-corrected chi connectivity index (χ1v) is 9.11. The van der Waals surface area contributed by atoms with Gasteiger partial charge in [0.05, 0.1) is 0 Å². The van der Waals surface area contributed by atoms with Gasteiger partial charge in [-0.25, -0.2) is 0 Å². The summed E-state index contributed by atoms with van der Waals surface area (Å²) in [4.78, 5) is 13.8. The minimum atomic E-state index is 0.493. The lowest BCUT2D eigenvalue weighted by molar-refractivity contribution is 0.927. The van der Waals surface area contributed by atoms with Crippen molar-refractivity contribution in [2.75, 3.05) is 10.6 Å². The molecule has 2 heterocycles. The molecule has 6 nitrogen and oxygen atoms in total. The van der Waals surface area contributed by atoms with Crippen molar-refractivity contribution in [1.82, 2.24) is 19.5 Å². The Labute approximate surface area is 164 Å². The van der Waals surface area contributed by atoms with Gasteiger partial charge < -0.3 is 15.2 Å². The van der Waals surface area contributed by atoms with E-state index in [0.717, 1.165) is 16.9 Å². The summed E-state index contributed by atoms with van der Waals surface area (Å²) in [6.45, 7) is 4.12. The average molecular weight is 370 g/mol. The first-order chi connectivity index (χ1) is 13.5. The first kappa shape index (κ1) is 17.7. The standard InChI is InChI=1S/C22H22N6/c1-15-4-8-18(9-5-15)23-21-25-20(17-12-13-28(3)14-17)26-22(27-21)24-19-10-6-16(2)7-11-19/h4-14H,1-3H3,(H2,23,24,25,26,27). The normalized spacial score (nSPS) is 10.7. The molecule has 0 atom stereocenters. The van der Waals surface area contributed by atoms with Gasteiger partial charge in [0.15, 0.2) is 5.82 Å². The number of nitrogens with zero attached hydrogens (tertiary/aromatic N) is 4. The highest BCUT2D eigenvalue weighted by Gasteiger charge is 2.10. The number of hydrogen-bond acceptors (Lipinski definition) is 5. The fourth-order valence-corrected chi connectivity index (χ4v) is 2.78. The van der Waals surface area contributed by atoms with Crippen LogP contribution in [0.25, 0.3) is 11.4 Å². The van der Waals surface area contributed by atoms with Crippen LogP contribution in [0.4, 0.5) is 23.3 Å². The molecule has 0 unspecified atom stereocenters. The van der Waals surface area contributed by atoms with Crippen LogP contribution in [0.2, 0.25) is 0 Å². The second kappa shape index (κ2) is 7.52. The van der Waals surface area contributed by atoms with E-state index in [4.69, 9.17) is 0 Å². The highest BCUT2D eigenvalue weighted by molar-refractivity contribution is 5.63. The van der Waals surface area contributed by atoms with Crippen molar-refractivity contribution in [3.63, 3.8) is 0 Å². The molecular formula is C22H22N6. The molecule has 0 spiro atoms. The summed E-state index contributed by atoms with van der Waals surface area (Å²) < 4.78 is 1.97. The van der Waals surface area contributed by atoms with Gasteiger partial charge in [-0.1, -0.05) is 35.4 Å². The lowest BCUT2D eigenvalue weighted by Gasteiger charge is -2.10. The monoisotopic (exact) mass is 370 g/mol. The number of hydrogen-bond donors (Lipinski definition) is 2. The molecule has 4 rings (SSSR count). The Morgan fingerprint density at radius 2 is 1.18 bits per heavy atom. The smallest absolute Gasteiger partial charge is 0.232 e. The summed E-state index contributed by atoms with van der Waals surface area (Å²) in [5, 5.41) is 6.55. The van der Waals surface area contributed by atoms with E-state index >= 15 is 0 Å². The van der Waals surface area contributed by atoms with Crippen LogP contribution in [0.3, 0.4) is 0 Å². The Hall–Kier alpha value is -3.67. The van der Waals surface area contributed by atoms with Gasteiger partial charge in [0.1, 0.15) is 0 Å². The quantitative estimate of drug-likeness (QED) is 0.518. The molecule has 28 heavy (non-hydrogen) atoms. The summed E-state index contributed by atoms with van der Waals surface area (Å²) in [6.07, 6.45) is 3.96. The van der Waals surface area contributed by atoms with E-state index in [1.54, 1.807) is 0 Å². The molecule has 0 aliphatic rings. The molecular weight excluding hydrogens is 348 g/mol. The van der Waals surface area contributed by atoms with E-state index < -0.39 is 0 Å². The summed E-state index contributed by atoms with van der Waals surface area (Å²) >= 11 is 0. The Morgan fingerprint density at radius 3 is 1.61 bits per heavy atom. The second-order valence-electron chi connectivity index (χ2n) is 6.85. The SMILES string of the molecule is Cc1ccc(Nc2nc(Nc3ccc(C)cc3)nc(-c3ccn(C)c3)n2)cc1. The molecule has 0 radical (unpaired) electrons. The van der Waals surface area contributed by atoms with Crippen LogP contribution in [-0.2, 0) is 7.05 Å². The van der Waals surface area contributed by atoms with E-state index in [9.17, 15) is 0 Å². The van der Waals surface area contributed by atoms with E-state index in [2.05, 4.69) is 39.4 Å². The number of aryl methyl sites for hydroxylation is 3. The molecule has 0 fully saturated rings. The van der Waals surface area contributed by atoms with Crippen LogP contribution in [0, 0.1) is 13.8 Å². The maximum absolute atomic E-state index is 4.60. The predicted molar refractivity (Wildman–Crippen MR) is 113 cm³/mol. The van der Waals surface area contributed by atoms with Crippen LogP contribution in [0.5, 0.6) is 0 Å². The molecule has 2 N–H and O–H groups in total. The third-order valence-electron chi connectivity index (χ3n) is 4.34. The first-order valence-electron chi connectivity index (χ1n) is 9.11.